The molecule has 0 fully saturated rings. The molecule has 0 amide bonds. The summed E-state index contributed by atoms with van der Waals surface area (Å²) in [6.07, 6.45) is -1.72. The van der Waals surface area contributed by atoms with E-state index in [1.54, 1.807) is 19.2 Å². The summed E-state index contributed by atoms with van der Waals surface area (Å²) in [7, 11) is -2.40. The van der Waals surface area contributed by atoms with Gasteiger partial charge in [0.1, 0.15) is 24.1 Å². The summed E-state index contributed by atoms with van der Waals surface area (Å²) in [6, 6.07) is 33.3. The lowest BCUT2D eigenvalue weighted by Gasteiger charge is -2.23. The fraction of sp³-hybridized carbons (Fsp3) is 0.368. The van der Waals surface area contributed by atoms with Crippen molar-refractivity contribution in [2.75, 3.05) is 46.8 Å². The van der Waals surface area contributed by atoms with Crippen molar-refractivity contribution < 1.29 is 46.1 Å². The van der Waals surface area contributed by atoms with Crippen molar-refractivity contribution in [1.29, 1.82) is 0 Å². The van der Waals surface area contributed by atoms with Crippen LogP contribution in [0.2, 0.25) is 0 Å². The molecule has 11 heteroatoms. The number of hydrogen-bond acceptors (Lipinski definition) is 10. The van der Waals surface area contributed by atoms with Crippen LogP contribution in [-0.2, 0) is 57.8 Å². The summed E-state index contributed by atoms with van der Waals surface area (Å²) in [5, 5.41) is 9.85. The van der Waals surface area contributed by atoms with Gasteiger partial charge in [0.25, 0.3) is 10.1 Å². The Morgan fingerprint density at radius 2 is 1.02 bits per heavy atom. The predicted molar refractivity (Wildman–Crippen MR) is 185 cm³/mol. The quantitative estimate of drug-likeness (QED) is 0.0999. The number of benzene rings is 4. The first-order valence-electron chi connectivity index (χ1n) is 16.1. The van der Waals surface area contributed by atoms with Crippen molar-refractivity contribution in [3.63, 3.8) is 0 Å². The van der Waals surface area contributed by atoms with Crippen LogP contribution in [-0.4, -0.2) is 78.6 Å². The Labute approximate surface area is 289 Å². The molecule has 0 unspecified atom stereocenters. The Morgan fingerprint density at radius 3 is 1.51 bits per heavy atom. The maximum Gasteiger partial charge on any atom is 0.297 e. The zero-order valence-corrected chi connectivity index (χ0v) is 28.8. The Morgan fingerprint density at radius 1 is 0.571 bits per heavy atom. The molecule has 10 nitrogen and oxygen atoms in total. The third-order valence-corrected chi connectivity index (χ3v) is 8.74. The van der Waals surface area contributed by atoms with Gasteiger partial charge in [-0.25, -0.2) is 0 Å². The first-order chi connectivity index (χ1) is 23.8. The van der Waals surface area contributed by atoms with E-state index in [9.17, 15) is 13.5 Å². The van der Waals surface area contributed by atoms with E-state index in [4.69, 9.17) is 32.6 Å². The largest absolute Gasteiger partial charge is 0.497 e. The number of aliphatic hydroxyl groups excluding tert-OH is 1. The minimum atomic E-state index is -4.01. The molecule has 0 radical (unpaired) electrons. The average Bonchev–Trinajstić information content (AvgIpc) is 3.13. The molecule has 0 saturated carbocycles. The molecular formula is C38H46O10S. The molecular weight excluding hydrogens is 648 g/mol. The molecule has 4 aromatic rings. The van der Waals surface area contributed by atoms with Crippen molar-refractivity contribution >= 4 is 10.1 Å². The van der Waals surface area contributed by atoms with Crippen LogP contribution in [0.3, 0.4) is 0 Å². The number of hydrogen-bond donors (Lipinski definition) is 1. The van der Waals surface area contributed by atoms with Crippen molar-refractivity contribution in [3.05, 3.63) is 131 Å². The third-order valence-electron chi connectivity index (χ3n) is 7.44. The number of aliphatic hydroxyl groups is 1. The van der Waals surface area contributed by atoms with Gasteiger partial charge in [-0.2, -0.15) is 8.42 Å². The van der Waals surface area contributed by atoms with Crippen LogP contribution in [0.1, 0.15) is 22.3 Å². The number of aryl methyl sites for hydroxylation is 1. The molecule has 3 atom stereocenters. The molecule has 0 bridgehead atoms. The van der Waals surface area contributed by atoms with Crippen LogP contribution >= 0.6 is 0 Å². The van der Waals surface area contributed by atoms with E-state index in [1.165, 1.54) is 12.1 Å². The molecule has 264 valence electrons. The molecule has 0 aliphatic rings. The van der Waals surface area contributed by atoms with Gasteiger partial charge in [-0.05, 0) is 47.9 Å². The maximum absolute atomic E-state index is 12.9. The van der Waals surface area contributed by atoms with Crippen LogP contribution < -0.4 is 4.74 Å². The van der Waals surface area contributed by atoms with Crippen molar-refractivity contribution in [2.24, 2.45) is 0 Å². The Kier molecular flexibility index (Phi) is 16.2. The van der Waals surface area contributed by atoms with Crippen LogP contribution in [0.4, 0.5) is 0 Å². The van der Waals surface area contributed by atoms with E-state index >= 15 is 0 Å². The van der Waals surface area contributed by atoms with Crippen molar-refractivity contribution in [3.8, 4) is 5.75 Å². The lowest BCUT2D eigenvalue weighted by Crippen LogP contribution is -2.33. The van der Waals surface area contributed by atoms with E-state index in [-0.39, 0.29) is 51.1 Å². The Balaban J connectivity index is 1.35. The number of methoxy groups -OCH3 is 1. The first-order valence-corrected chi connectivity index (χ1v) is 17.5. The average molecular weight is 695 g/mol. The molecule has 49 heavy (non-hydrogen) atoms. The summed E-state index contributed by atoms with van der Waals surface area (Å²) in [5.74, 6) is 0.741. The van der Waals surface area contributed by atoms with Gasteiger partial charge >= 0.3 is 0 Å². The monoisotopic (exact) mass is 694 g/mol. The molecule has 0 aliphatic carbocycles. The van der Waals surface area contributed by atoms with Gasteiger partial charge in [0, 0.05) is 0 Å². The molecule has 0 spiro atoms. The first kappa shape index (κ1) is 38.2. The maximum atomic E-state index is 12.9. The van der Waals surface area contributed by atoms with Gasteiger partial charge in [0.2, 0.25) is 0 Å². The summed E-state index contributed by atoms with van der Waals surface area (Å²) in [5.41, 5.74) is 3.80. The molecule has 1 N–H and O–H groups in total. The molecule has 0 aliphatic heterocycles. The summed E-state index contributed by atoms with van der Waals surface area (Å²) in [4.78, 5) is 0.0684. The normalized spacial score (nSPS) is 13.5. The van der Waals surface area contributed by atoms with Gasteiger partial charge in [0.05, 0.1) is 71.5 Å². The highest BCUT2D eigenvalue weighted by molar-refractivity contribution is 7.86. The second-order valence-corrected chi connectivity index (χ2v) is 13.0. The Hall–Kier alpha value is -3.65. The van der Waals surface area contributed by atoms with E-state index < -0.39 is 28.4 Å². The molecule has 4 rings (SSSR count). The molecule has 0 aromatic heterocycles. The summed E-state index contributed by atoms with van der Waals surface area (Å²) >= 11 is 0. The minimum absolute atomic E-state index is 0.0398. The van der Waals surface area contributed by atoms with Crippen molar-refractivity contribution in [2.45, 2.75) is 50.0 Å². The van der Waals surface area contributed by atoms with Gasteiger partial charge in [-0.3, -0.25) is 4.18 Å². The standard InChI is InChI=1S/C38H46O10S/c1-30-13-19-38(20-14-30)49(40,41)48-29-37(47-23-32-11-7-4-8-12-32)28-44-27-36(46-24-33-15-17-34(42-2)18-16-33)26-43-25-35(21-39)45-22-31-9-5-3-6-10-31/h3-20,35-37,39H,21-29H2,1-2H3/t35-,36-,37-/m1/s1. The second kappa shape index (κ2) is 20.8. The fourth-order valence-corrected chi connectivity index (χ4v) is 5.49. The fourth-order valence-electron chi connectivity index (χ4n) is 4.55. The zero-order valence-electron chi connectivity index (χ0n) is 28.0. The van der Waals surface area contributed by atoms with Crippen LogP contribution in [0, 0.1) is 6.92 Å². The van der Waals surface area contributed by atoms with Gasteiger partial charge in [0.15, 0.2) is 0 Å². The SMILES string of the molecule is COc1ccc(CO[C@H](COC[C@@H](CO)OCc2ccccc2)COC[C@H](COS(=O)(=O)c2ccc(C)cc2)OCc2ccccc2)cc1. The highest BCUT2D eigenvalue weighted by Crippen LogP contribution is 2.16. The lowest BCUT2D eigenvalue weighted by molar-refractivity contribution is -0.108. The highest BCUT2D eigenvalue weighted by Gasteiger charge is 2.21. The van der Waals surface area contributed by atoms with Crippen molar-refractivity contribution in [1.82, 2.24) is 0 Å². The molecule has 0 heterocycles. The number of rotatable bonds is 23. The third kappa shape index (κ3) is 14.0. The van der Waals surface area contributed by atoms with Gasteiger partial charge < -0.3 is 33.5 Å². The zero-order chi connectivity index (χ0) is 34.7. The highest BCUT2D eigenvalue weighted by atomic mass is 32.2. The lowest BCUT2D eigenvalue weighted by atomic mass is 10.2. The summed E-state index contributed by atoms with van der Waals surface area (Å²) < 4.78 is 66.5. The molecule has 4 aromatic carbocycles. The molecule has 0 saturated heterocycles. The van der Waals surface area contributed by atoms with Crippen LogP contribution in [0.15, 0.2) is 114 Å². The Bertz CT molecular complexity index is 1570. The smallest absolute Gasteiger partial charge is 0.297 e. The van der Waals surface area contributed by atoms with E-state index in [1.807, 2.05) is 91.9 Å². The van der Waals surface area contributed by atoms with Crippen LogP contribution in [0.25, 0.3) is 0 Å². The topological polar surface area (TPSA) is 119 Å². The van der Waals surface area contributed by atoms with E-state index in [0.29, 0.717) is 13.2 Å². The van der Waals surface area contributed by atoms with Crippen LogP contribution in [0.5, 0.6) is 5.75 Å². The van der Waals surface area contributed by atoms with Gasteiger partial charge in [-0.15, -0.1) is 0 Å². The van der Waals surface area contributed by atoms with E-state index in [0.717, 1.165) is 28.0 Å². The second-order valence-electron chi connectivity index (χ2n) is 11.4. The van der Waals surface area contributed by atoms with E-state index in [2.05, 4.69) is 0 Å². The number of ether oxygens (including phenoxy) is 6. The van der Waals surface area contributed by atoms with Gasteiger partial charge in [-0.1, -0.05) is 90.5 Å². The minimum Gasteiger partial charge on any atom is -0.497 e. The predicted octanol–water partition coefficient (Wildman–Crippen LogP) is 5.49. The summed E-state index contributed by atoms with van der Waals surface area (Å²) in [6.45, 7) is 2.80.